The standard InChI is InChI=1S/C22H18N2O4S3/c1-2-28-14-10-11(8-9-13(14)25)15-16-18(30-19-17(15)31-22(29)23-19)21(27)24(20(16)26)12-6-4-3-5-7-12/h3-10,15-16,18,25H,2H2,1H3,(H,23,29). The predicted molar refractivity (Wildman–Crippen MR) is 123 cm³/mol. The summed E-state index contributed by atoms with van der Waals surface area (Å²) in [5.41, 5.74) is 1.38. The molecule has 158 valence electrons. The lowest BCUT2D eigenvalue weighted by molar-refractivity contribution is -0.122. The quantitative estimate of drug-likeness (QED) is 0.425. The summed E-state index contributed by atoms with van der Waals surface area (Å²) in [6, 6.07) is 14.1. The Balaban J connectivity index is 1.66. The maximum absolute atomic E-state index is 13.6. The second-order valence-corrected chi connectivity index (χ2v) is 10.1. The van der Waals surface area contributed by atoms with Crippen molar-refractivity contribution >= 4 is 52.8 Å². The first-order chi connectivity index (χ1) is 15.0. The Bertz CT molecular complexity index is 1240. The van der Waals surface area contributed by atoms with Crippen LogP contribution in [0.4, 0.5) is 5.69 Å². The number of benzene rings is 2. The van der Waals surface area contributed by atoms with Gasteiger partial charge >= 0.3 is 0 Å². The molecule has 2 amide bonds. The van der Waals surface area contributed by atoms with Crippen LogP contribution in [0, 0.1) is 9.87 Å². The second kappa shape index (κ2) is 7.81. The number of imide groups is 1. The molecule has 3 aromatic rings. The van der Waals surface area contributed by atoms with Crippen molar-refractivity contribution in [1.82, 2.24) is 4.98 Å². The number of anilines is 1. The van der Waals surface area contributed by atoms with Gasteiger partial charge in [0, 0.05) is 10.8 Å². The zero-order valence-electron chi connectivity index (χ0n) is 16.4. The Morgan fingerprint density at radius 3 is 2.68 bits per heavy atom. The Kier molecular flexibility index (Phi) is 5.11. The van der Waals surface area contributed by atoms with Crippen molar-refractivity contribution < 1.29 is 19.4 Å². The minimum absolute atomic E-state index is 0.0361. The fourth-order valence-corrected chi connectivity index (χ4v) is 7.16. The fraction of sp³-hybridized carbons (Fsp3) is 0.227. The monoisotopic (exact) mass is 470 g/mol. The van der Waals surface area contributed by atoms with E-state index in [1.54, 1.807) is 30.3 Å². The number of thioether (sulfide) groups is 1. The molecule has 2 aliphatic rings. The van der Waals surface area contributed by atoms with Gasteiger partial charge < -0.3 is 14.8 Å². The number of phenols is 1. The number of carbonyl (C=O) groups is 2. The van der Waals surface area contributed by atoms with Crippen LogP contribution in [0.25, 0.3) is 0 Å². The highest BCUT2D eigenvalue weighted by atomic mass is 32.2. The number of aromatic amines is 1. The van der Waals surface area contributed by atoms with Gasteiger partial charge in [0.1, 0.15) is 5.25 Å². The number of amides is 2. The van der Waals surface area contributed by atoms with Crippen LogP contribution in [0.2, 0.25) is 0 Å². The summed E-state index contributed by atoms with van der Waals surface area (Å²) < 4.78 is 6.17. The van der Waals surface area contributed by atoms with Gasteiger partial charge in [-0.15, -0.1) is 11.3 Å². The molecule has 0 aliphatic carbocycles. The van der Waals surface area contributed by atoms with E-state index >= 15 is 0 Å². The van der Waals surface area contributed by atoms with Crippen molar-refractivity contribution in [3.8, 4) is 11.5 Å². The number of ether oxygens (including phenoxy) is 1. The maximum Gasteiger partial charge on any atom is 0.248 e. The molecule has 1 saturated heterocycles. The number of nitrogens with one attached hydrogen (secondary N) is 1. The molecule has 9 heteroatoms. The molecule has 5 rings (SSSR count). The third-order valence-electron chi connectivity index (χ3n) is 5.48. The Hall–Kier alpha value is -2.62. The number of para-hydroxylation sites is 1. The van der Waals surface area contributed by atoms with E-state index in [4.69, 9.17) is 17.0 Å². The van der Waals surface area contributed by atoms with Gasteiger partial charge in [-0.25, -0.2) is 4.90 Å². The lowest BCUT2D eigenvalue weighted by atomic mass is 9.83. The summed E-state index contributed by atoms with van der Waals surface area (Å²) in [6.45, 7) is 2.24. The van der Waals surface area contributed by atoms with Crippen LogP contribution < -0.4 is 9.64 Å². The van der Waals surface area contributed by atoms with Crippen LogP contribution in [0.15, 0.2) is 53.6 Å². The molecule has 3 unspecified atom stereocenters. The number of hydrogen-bond donors (Lipinski definition) is 2. The van der Waals surface area contributed by atoms with E-state index in [0.717, 1.165) is 15.5 Å². The molecule has 6 nitrogen and oxygen atoms in total. The van der Waals surface area contributed by atoms with Gasteiger partial charge in [0.05, 0.1) is 23.2 Å². The van der Waals surface area contributed by atoms with E-state index in [-0.39, 0.29) is 23.5 Å². The molecule has 0 bridgehead atoms. The zero-order chi connectivity index (χ0) is 21.7. The van der Waals surface area contributed by atoms with E-state index in [1.807, 2.05) is 25.1 Å². The smallest absolute Gasteiger partial charge is 0.248 e. The summed E-state index contributed by atoms with van der Waals surface area (Å²) in [5.74, 6) is -1.01. The van der Waals surface area contributed by atoms with Crippen LogP contribution in [0.3, 0.4) is 0 Å². The van der Waals surface area contributed by atoms with Crippen LogP contribution in [-0.4, -0.2) is 33.8 Å². The molecule has 3 heterocycles. The maximum atomic E-state index is 13.6. The van der Waals surface area contributed by atoms with Crippen molar-refractivity contribution in [1.29, 1.82) is 0 Å². The number of fused-ring (bicyclic) bond motifs is 2. The molecule has 3 atom stereocenters. The van der Waals surface area contributed by atoms with Crippen LogP contribution in [-0.2, 0) is 9.59 Å². The van der Waals surface area contributed by atoms with Crippen molar-refractivity contribution in [3.05, 3.63) is 62.9 Å². The molecule has 31 heavy (non-hydrogen) atoms. The summed E-state index contributed by atoms with van der Waals surface area (Å²) >= 11 is 8.16. The number of nitrogens with zero attached hydrogens (tertiary/aromatic N) is 1. The molecule has 1 aromatic heterocycles. The second-order valence-electron chi connectivity index (χ2n) is 7.26. The molecule has 1 fully saturated rings. The number of carbonyl (C=O) groups excluding carboxylic acids is 2. The number of aromatic hydroxyl groups is 1. The van der Waals surface area contributed by atoms with E-state index in [9.17, 15) is 14.7 Å². The number of H-pyrrole nitrogens is 1. The third-order valence-corrected chi connectivity index (χ3v) is 8.23. The van der Waals surface area contributed by atoms with Gasteiger partial charge in [0.15, 0.2) is 15.5 Å². The minimum Gasteiger partial charge on any atom is -0.504 e. The Labute approximate surface area is 191 Å². The third kappa shape index (κ3) is 3.28. The summed E-state index contributed by atoms with van der Waals surface area (Å²) in [5, 5.41) is 10.4. The largest absolute Gasteiger partial charge is 0.504 e. The van der Waals surface area contributed by atoms with Crippen molar-refractivity contribution in [3.63, 3.8) is 0 Å². The van der Waals surface area contributed by atoms with Gasteiger partial charge in [-0.05, 0) is 49.0 Å². The fourth-order valence-electron chi connectivity index (χ4n) is 4.20. The van der Waals surface area contributed by atoms with Crippen LogP contribution >= 0.6 is 35.3 Å². The summed E-state index contributed by atoms with van der Waals surface area (Å²) in [6.07, 6.45) is 0. The molecule has 0 radical (unpaired) electrons. The first-order valence-corrected chi connectivity index (χ1v) is 11.9. The lowest BCUT2D eigenvalue weighted by Gasteiger charge is -2.30. The molecule has 0 saturated carbocycles. The Morgan fingerprint density at radius 2 is 1.94 bits per heavy atom. The van der Waals surface area contributed by atoms with E-state index in [1.165, 1.54) is 28.0 Å². The molecular formula is C22H18N2O4S3. The van der Waals surface area contributed by atoms with E-state index in [2.05, 4.69) is 4.98 Å². The number of hydrogen-bond acceptors (Lipinski definition) is 7. The highest BCUT2D eigenvalue weighted by Crippen LogP contribution is 2.54. The highest BCUT2D eigenvalue weighted by Gasteiger charge is 2.56. The minimum atomic E-state index is -0.578. The topological polar surface area (TPSA) is 82.6 Å². The first kappa shape index (κ1) is 20.3. The normalized spacial score (nSPS) is 22.4. The van der Waals surface area contributed by atoms with E-state index < -0.39 is 11.2 Å². The van der Waals surface area contributed by atoms with Crippen LogP contribution in [0.5, 0.6) is 11.5 Å². The lowest BCUT2D eigenvalue weighted by Crippen LogP contribution is -2.32. The van der Waals surface area contributed by atoms with Crippen molar-refractivity contribution in [2.45, 2.75) is 23.1 Å². The van der Waals surface area contributed by atoms with E-state index in [0.29, 0.717) is 22.0 Å². The zero-order valence-corrected chi connectivity index (χ0v) is 18.9. The number of phenolic OH excluding ortho intramolecular Hbond substituents is 1. The number of rotatable bonds is 4. The molecule has 2 aromatic carbocycles. The molecule has 2 aliphatic heterocycles. The van der Waals surface area contributed by atoms with Crippen molar-refractivity contribution in [2.24, 2.45) is 5.92 Å². The summed E-state index contributed by atoms with van der Waals surface area (Å²) in [4.78, 5) is 32.4. The van der Waals surface area contributed by atoms with Gasteiger partial charge in [0.25, 0.3) is 0 Å². The Morgan fingerprint density at radius 1 is 1.16 bits per heavy atom. The molecule has 0 spiro atoms. The predicted octanol–water partition coefficient (Wildman–Crippen LogP) is 4.71. The SMILES string of the molecule is CCOc1cc(C2c3sc(=S)[nH]c3SC3C(=O)N(c4ccccc4)C(=O)C32)ccc1O. The molecule has 2 N–H and O–H groups in total. The number of aromatic nitrogens is 1. The first-order valence-electron chi connectivity index (χ1n) is 9.77. The van der Waals surface area contributed by atoms with Gasteiger partial charge in [-0.3, -0.25) is 9.59 Å². The van der Waals surface area contributed by atoms with Gasteiger partial charge in [-0.1, -0.05) is 36.0 Å². The van der Waals surface area contributed by atoms with Crippen molar-refractivity contribution in [2.75, 3.05) is 11.5 Å². The average Bonchev–Trinajstić information content (AvgIpc) is 3.25. The average molecular weight is 471 g/mol. The number of thiazole rings is 1. The molecular weight excluding hydrogens is 452 g/mol. The summed E-state index contributed by atoms with van der Waals surface area (Å²) in [7, 11) is 0. The van der Waals surface area contributed by atoms with Crippen LogP contribution in [0.1, 0.15) is 23.3 Å². The highest BCUT2D eigenvalue weighted by molar-refractivity contribution is 8.01. The van der Waals surface area contributed by atoms with Gasteiger partial charge in [0.2, 0.25) is 11.8 Å². The van der Waals surface area contributed by atoms with Gasteiger partial charge in [-0.2, -0.15) is 0 Å².